The van der Waals surface area contributed by atoms with Gasteiger partial charge in [0.2, 0.25) is 0 Å². The summed E-state index contributed by atoms with van der Waals surface area (Å²) in [5.74, 6) is -0.557. The molecule has 35 heavy (non-hydrogen) atoms. The molecule has 1 atom stereocenters. The topological polar surface area (TPSA) is 50.8 Å². The maximum absolute atomic E-state index is 13.8. The van der Waals surface area contributed by atoms with Crippen molar-refractivity contribution in [1.29, 1.82) is 0 Å². The standard InChI is InChI=1S/C26H22F4N2O3/c1-16-4-3-5-20(12-16)32-25(33)21(24(31-32)26(28,29)30)13-18-8-11-22(34-2)23(14-18)35-15-17-6-9-19(27)10-7-17/h3-14,24,31H,15H2,1-2H3/b21-13-. The molecule has 0 saturated carbocycles. The van der Waals surface area contributed by atoms with Gasteiger partial charge in [-0.1, -0.05) is 30.3 Å². The van der Waals surface area contributed by atoms with Gasteiger partial charge in [-0.05, 0) is 66.1 Å². The second kappa shape index (κ2) is 9.79. The molecule has 1 unspecified atom stereocenters. The van der Waals surface area contributed by atoms with Gasteiger partial charge in [-0.25, -0.2) is 14.8 Å². The van der Waals surface area contributed by atoms with Gasteiger partial charge in [0.25, 0.3) is 5.91 Å². The number of halogens is 4. The number of hydrogen-bond donors (Lipinski definition) is 1. The summed E-state index contributed by atoms with van der Waals surface area (Å²) >= 11 is 0. The molecule has 182 valence electrons. The van der Waals surface area contributed by atoms with E-state index in [1.54, 1.807) is 49.4 Å². The minimum Gasteiger partial charge on any atom is -0.493 e. The first kappa shape index (κ1) is 24.3. The highest BCUT2D eigenvalue weighted by Gasteiger charge is 2.51. The van der Waals surface area contributed by atoms with E-state index in [-0.39, 0.29) is 18.2 Å². The van der Waals surface area contributed by atoms with E-state index in [1.807, 2.05) is 0 Å². The summed E-state index contributed by atoms with van der Waals surface area (Å²) in [5.41, 5.74) is 3.97. The maximum atomic E-state index is 13.8. The van der Waals surface area contributed by atoms with Crippen LogP contribution in [-0.2, 0) is 11.4 Å². The van der Waals surface area contributed by atoms with Crippen molar-refractivity contribution in [2.75, 3.05) is 12.1 Å². The molecule has 9 heteroatoms. The second-order valence-electron chi connectivity index (χ2n) is 8.01. The lowest BCUT2D eigenvalue weighted by atomic mass is 10.0. The van der Waals surface area contributed by atoms with Gasteiger partial charge in [0.1, 0.15) is 12.4 Å². The summed E-state index contributed by atoms with van der Waals surface area (Å²) in [6.07, 6.45) is -3.51. The monoisotopic (exact) mass is 486 g/mol. The summed E-state index contributed by atoms with van der Waals surface area (Å²) in [5, 5.41) is 0.909. The number of ether oxygens (including phenoxy) is 2. The smallest absolute Gasteiger partial charge is 0.409 e. The van der Waals surface area contributed by atoms with Crippen LogP contribution >= 0.6 is 0 Å². The molecule has 1 amide bonds. The summed E-state index contributed by atoms with van der Waals surface area (Å²) in [6.45, 7) is 1.87. The largest absolute Gasteiger partial charge is 0.493 e. The Morgan fingerprint density at radius 3 is 2.43 bits per heavy atom. The normalized spacial score (nSPS) is 17.2. The summed E-state index contributed by atoms with van der Waals surface area (Å²) in [7, 11) is 1.43. The molecule has 0 radical (unpaired) electrons. The van der Waals surface area contributed by atoms with Crippen LogP contribution < -0.4 is 19.9 Å². The molecule has 4 rings (SSSR count). The maximum Gasteiger partial charge on any atom is 0.409 e. The van der Waals surface area contributed by atoms with Crippen molar-refractivity contribution >= 4 is 17.7 Å². The van der Waals surface area contributed by atoms with Gasteiger partial charge in [0.15, 0.2) is 17.5 Å². The van der Waals surface area contributed by atoms with Gasteiger partial charge < -0.3 is 9.47 Å². The van der Waals surface area contributed by atoms with E-state index in [9.17, 15) is 22.4 Å². The number of carbonyl (C=O) groups excluding carboxylic acids is 1. The van der Waals surface area contributed by atoms with Crippen LogP contribution in [0.3, 0.4) is 0 Å². The highest BCUT2D eigenvalue weighted by molar-refractivity contribution is 6.11. The number of anilines is 1. The number of alkyl halides is 3. The molecule has 0 spiro atoms. The average molecular weight is 486 g/mol. The lowest BCUT2D eigenvalue weighted by Crippen LogP contribution is -2.44. The molecule has 0 aromatic heterocycles. The second-order valence-corrected chi connectivity index (χ2v) is 8.01. The Labute approximate surface area is 199 Å². The Bertz CT molecular complexity index is 1260. The summed E-state index contributed by atoms with van der Waals surface area (Å²) < 4.78 is 65.7. The van der Waals surface area contributed by atoms with Gasteiger partial charge in [-0.2, -0.15) is 13.2 Å². The van der Waals surface area contributed by atoms with Crippen LogP contribution in [0.5, 0.6) is 11.5 Å². The van der Waals surface area contributed by atoms with E-state index >= 15 is 0 Å². The van der Waals surface area contributed by atoms with Crippen molar-refractivity contribution in [3.8, 4) is 11.5 Å². The fourth-order valence-corrected chi connectivity index (χ4v) is 3.68. The molecular formula is C26H22F4N2O3. The Hall–Kier alpha value is -3.85. The first-order chi connectivity index (χ1) is 16.7. The van der Waals surface area contributed by atoms with Gasteiger partial charge in [0.05, 0.1) is 12.8 Å². The van der Waals surface area contributed by atoms with Crippen molar-refractivity contribution in [1.82, 2.24) is 5.43 Å². The minimum absolute atomic E-state index is 0.0868. The number of amides is 1. The molecule has 3 aromatic rings. The molecule has 0 bridgehead atoms. The fourth-order valence-electron chi connectivity index (χ4n) is 3.68. The molecular weight excluding hydrogens is 464 g/mol. The first-order valence-electron chi connectivity index (χ1n) is 10.7. The Kier molecular flexibility index (Phi) is 6.79. The Morgan fingerprint density at radius 2 is 1.77 bits per heavy atom. The van der Waals surface area contributed by atoms with Crippen molar-refractivity contribution < 1.29 is 31.8 Å². The molecule has 1 fully saturated rings. The highest BCUT2D eigenvalue weighted by atomic mass is 19.4. The third kappa shape index (κ3) is 5.46. The predicted octanol–water partition coefficient (Wildman–Crippen LogP) is 5.59. The molecule has 1 heterocycles. The van der Waals surface area contributed by atoms with Gasteiger partial charge in [0, 0.05) is 5.57 Å². The van der Waals surface area contributed by atoms with E-state index in [1.165, 1.54) is 37.5 Å². The number of nitrogens with one attached hydrogen (secondary N) is 1. The zero-order chi connectivity index (χ0) is 25.2. The van der Waals surface area contributed by atoms with Crippen molar-refractivity contribution in [2.24, 2.45) is 0 Å². The Morgan fingerprint density at radius 1 is 1.03 bits per heavy atom. The van der Waals surface area contributed by atoms with Crippen LogP contribution in [0, 0.1) is 12.7 Å². The van der Waals surface area contributed by atoms with Crippen LogP contribution in [0.4, 0.5) is 23.2 Å². The molecule has 1 aliphatic rings. The Balaban J connectivity index is 1.65. The van der Waals surface area contributed by atoms with Gasteiger partial charge in [-0.15, -0.1) is 0 Å². The zero-order valence-corrected chi connectivity index (χ0v) is 18.9. The summed E-state index contributed by atoms with van der Waals surface area (Å²) in [4.78, 5) is 13.0. The molecule has 5 nitrogen and oxygen atoms in total. The number of nitrogens with zero attached hydrogens (tertiary/aromatic N) is 1. The first-order valence-corrected chi connectivity index (χ1v) is 10.7. The number of hydrazine groups is 1. The lowest BCUT2D eigenvalue weighted by molar-refractivity contribution is -0.144. The minimum atomic E-state index is -4.70. The molecule has 1 N–H and O–H groups in total. The number of methoxy groups -OCH3 is 1. The zero-order valence-electron chi connectivity index (χ0n) is 18.9. The number of benzene rings is 3. The number of rotatable bonds is 6. The molecule has 1 saturated heterocycles. The summed E-state index contributed by atoms with van der Waals surface area (Å²) in [6, 6.07) is 14.7. The predicted molar refractivity (Wildman–Crippen MR) is 123 cm³/mol. The van der Waals surface area contributed by atoms with Crippen molar-refractivity contribution in [3.63, 3.8) is 0 Å². The van der Waals surface area contributed by atoms with Crippen molar-refractivity contribution in [2.45, 2.75) is 25.7 Å². The van der Waals surface area contributed by atoms with E-state index < -0.39 is 23.7 Å². The highest BCUT2D eigenvalue weighted by Crippen LogP contribution is 2.35. The van der Waals surface area contributed by atoms with Crippen molar-refractivity contribution in [3.05, 3.63) is 94.8 Å². The third-order valence-corrected chi connectivity index (χ3v) is 5.42. The lowest BCUT2D eigenvalue weighted by Gasteiger charge is -2.19. The molecule has 3 aromatic carbocycles. The fraction of sp³-hybridized carbons (Fsp3) is 0.192. The average Bonchev–Trinajstić information content (AvgIpc) is 3.15. The van der Waals surface area contributed by atoms with Crippen LogP contribution in [0.2, 0.25) is 0 Å². The van der Waals surface area contributed by atoms with Crippen LogP contribution in [-0.4, -0.2) is 25.2 Å². The molecule has 1 aliphatic heterocycles. The van der Waals surface area contributed by atoms with E-state index in [0.29, 0.717) is 22.6 Å². The van der Waals surface area contributed by atoms with E-state index in [4.69, 9.17) is 9.47 Å². The number of aryl methyl sites for hydroxylation is 1. The van der Waals surface area contributed by atoms with Gasteiger partial charge >= 0.3 is 6.18 Å². The molecule has 0 aliphatic carbocycles. The van der Waals surface area contributed by atoms with Crippen LogP contribution in [0.25, 0.3) is 6.08 Å². The van der Waals surface area contributed by atoms with E-state index in [0.717, 1.165) is 10.6 Å². The number of hydrogen-bond acceptors (Lipinski definition) is 4. The number of carbonyl (C=O) groups is 1. The van der Waals surface area contributed by atoms with E-state index in [2.05, 4.69) is 5.43 Å². The van der Waals surface area contributed by atoms with Crippen LogP contribution in [0.15, 0.2) is 72.3 Å². The SMILES string of the molecule is COc1ccc(/C=C2\C(=O)N(c3cccc(C)c3)NC2C(F)(F)F)cc1OCc1ccc(F)cc1. The van der Waals surface area contributed by atoms with Crippen LogP contribution in [0.1, 0.15) is 16.7 Å². The third-order valence-electron chi connectivity index (χ3n) is 5.42. The van der Waals surface area contributed by atoms with Gasteiger partial charge in [-0.3, -0.25) is 4.79 Å². The quantitative estimate of drug-likeness (QED) is 0.365.